The average Bonchev–Trinajstić information content (AvgIpc) is 2.60. The molecule has 12 heavy (non-hydrogen) atoms. The van der Waals surface area contributed by atoms with Gasteiger partial charge in [-0.05, 0) is 61.7 Å². The Hall–Kier alpha value is -0.260. The van der Waals surface area contributed by atoms with Crippen molar-refractivity contribution in [2.75, 3.05) is 0 Å². The van der Waals surface area contributed by atoms with Gasteiger partial charge in [-0.3, -0.25) is 0 Å². The van der Waals surface area contributed by atoms with E-state index in [1.54, 1.807) is 25.7 Å². The van der Waals surface area contributed by atoms with E-state index in [1.807, 2.05) is 5.57 Å². The summed E-state index contributed by atoms with van der Waals surface area (Å²) in [4.78, 5) is 0. The van der Waals surface area contributed by atoms with Crippen LogP contribution in [0.1, 0.15) is 38.5 Å². The number of rotatable bonds is 0. The fraction of sp³-hybridized carbons (Fsp3) is 0.833. The van der Waals surface area contributed by atoms with Crippen LogP contribution in [0, 0.1) is 23.2 Å². The molecule has 0 bridgehead atoms. The maximum atomic E-state index is 2.61. The molecule has 0 amide bonds. The third-order valence-electron chi connectivity index (χ3n) is 5.43. The van der Waals surface area contributed by atoms with E-state index in [2.05, 4.69) is 6.08 Å². The minimum absolute atomic E-state index is 0.833. The van der Waals surface area contributed by atoms with Gasteiger partial charge in [0, 0.05) is 0 Å². The Morgan fingerprint density at radius 3 is 2.92 bits per heavy atom. The van der Waals surface area contributed by atoms with E-state index < -0.39 is 0 Å². The van der Waals surface area contributed by atoms with Crippen molar-refractivity contribution in [3.8, 4) is 0 Å². The molecule has 0 aromatic rings. The topological polar surface area (TPSA) is 0 Å². The molecule has 3 fully saturated rings. The van der Waals surface area contributed by atoms with Gasteiger partial charge < -0.3 is 0 Å². The van der Waals surface area contributed by atoms with E-state index in [0.29, 0.717) is 0 Å². The molecule has 0 radical (unpaired) electrons. The van der Waals surface area contributed by atoms with Crippen LogP contribution in [0.25, 0.3) is 0 Å². The third-order valence-corrected chi connectivity index (χ3v) is 5.43. The first-order valence-corrected chi connectivity index (χ1v) is 5.62. The summed E-state index contributed by atoms with van der Waals surface area (Å²) < 4.78 is 0. The molecular weight excluding hydrogens is 144 g/mol. The summed E-state index contributed by atoms with van der Waals surface area (Å²) >= 11 is 0. The summed E-state index contributed by atoms with van der Waals surface area (Å²) in [6.45, 7) is 0. The molecule has 0 aliphatic heterocycles. The molecular formula is C12H16. The lowest BCUT2D eigenvalue weighted by Gasteiger charge is -2.51. The molecule has 4 aliphatic carbocycles. The van der Waals surface area contributed by atoms with E-state index in [4.69, 9.17) is 0 Å². The van der Waals surface area contributed by atoms with Crippen LogP contribution in [-0.2, 0) is 0 Å². The van der Waals surface area contributed by atoms with Crippen molar-refractivity contribution < 1.29 is 0 Å². The second-order valence-electron chi connectivity index (χ2n) is 5.34. The minimum atomic E-state index is 0.833. The lowest BCUT2D eigenvalue weighted by Crippen LogP contribution is -2.45. The largest absolute Gasteiger partial charge is 0.0844 e. The molecule has 64 valence electrons. The van der Waals surface area contributed by atoms with E-state index in [1.165, 1.54) is 12.8 Å². The summed E-state index contributed by atoms with van der Waals surface area (Å²) in [6, 6.07) is 0. The highest BCUT2D eigenvalue weighted by Crippen LogP contribution is 2.75. The van der Waals surface area contributed by atoms with Gasteiger partial charge in [0.25, 0.3) is 0 Å². The van der Waals surface area contributed by atoms with E-state index in [0.717, 1.165) is 23.2 Å². The Labute approximate surface area is 74.0 Å². The highest BCUT2D eigenvalue weighted by atomic mass is 14.7. The zero-order chi connectivity index (χ0) is 7.76. The van der Waals surface area contributed by atoms with Gasteiger partial charge >= 0.3 is 0 Å². The molecule has 4 atom stereocenters. The van der Waals surface area contributed by atoms with Gasteiger partial charge in [0.15, 0.2) is 0 Å². The van der Waals surface area contributed by atoms with Gasteiger partial charge in [-0.1, -0.05) is 11.6 Å². The number of allylic oxidation sites excluding steroid dienone is 2. The average molecular weight is 160 g/mol. The molecule has 4 rings (SSSR count). The Kier molecular flexibility index (Phi) is 0.865. The van der Waals surface area contributed by atoms with Crippen molar-refractivity contribution in [3.63, 3.8) is 0 Å². The first kappa shape index (κ1) is 6.23. The molecule has 0 N–H and O–H groups in total. The first-order chi connectivity index (χ1) is 5.92. The Bertz CT molecular complexity index is 270. The van der Waals surface area contributed by atoms with E-state index >= 15 is 0 Å². The van der Waals surface area contributed by atoms with Crippen LogP contribution in [0.5, 0.6) is 0 Å². The molecule has 0 saturated heterocycles. The van der Waals surface area contributed by atoms with Crippen molar-refractivity contribution in [2.45, 2.75) is 38.5 Å². The fourth-order valence-electron chi connectivity index (χ4n) is 5.14. The summed E-state index contributed by atoms with van der Waals surface area (Å²) in [6.07, 6.45) is 11.8. The van der Waals surface area contributed by atoms with Crippen LogP contribution < -0.4 is 0 Å². The maximum absolute atomic E-state index is 2.61. The second-order valence-corrected chi connectivity index (χ2v) is 5.34. The molecule has 0 nitrogen and oxygen atoms in total. The molecule has 3 saturated carbocycles. The Balaban J connectivity index is 1.93. The molecule has 0 heteroatoms. The van der Waals surface area contributed by atoms with Crippen molar-refractivity contribution in [1.29, 1.82) is 0 Å². The maximum Gasteiger partial charge on any atom is -0.0000162 e. The first-order valence-electron chi connectivity index (χ1n) is 5.62. The lowest BCUT2D eigenvalue weighted by molar-refractivity contribution is 0.00653. The second kappa shape index (κ2) is 1.66. The predicted molar refractivity (Wildman–Crippen MR) is 48.7 cm³/mol. The molecule has 0 heterocycles. The van der Waals surface area contributed by atoms with Gasteiger partial charge in [0.1, 0.15) is 0 Å². The smallest absolute Gasteiger partial charge is 0.0000162 e. The highest BCUT2D eigenvalue weighted by molar-refractivity contribution is 5.36. The monoisotopic (exact) mass is 160 g/mol. The zero-order valence-electron chi connectivity index (χ0n) is 7.55. The summed E-state index contributed by atoms with van der Waals surface area (Å²) in [5.74, 6) is 3.39. The summed E-state index contributed by atoms with van der Waals surface area (Å²) in [7, 11) is 0. The van der Waals surface area contributed by atoms with Crippen molar-refractivity contribution >= 4 is 0 Å². The molecule has 0 aromatic carbocycles. The van der Waals surface area contributed by atoms with Crippen LogP contribution in [0.2, 0.25) is 0 Å². The molecule has 1 unspecified atom stereocenters. The van der Waals surface area contributed by atoms with Gasteiger partial charge in [-0.2, -0.15) is 0 Å². The van der Waals surface area contributed by atoms with Crippen molar-refractivity contribution in [2.24, 2.45) is 23.2 Å². The summed E-state index contributed by atoms with van der Waals surface area (Å²) in [5, 5.41) is 0. The number of hydrogen-bond donors (Lipinski definition) is 0. The van der Waals surface area contributed by atoms with Crippen LogP contribution in [-0.4, -0.2) is 0 Å². The van der Waals surface area contributed by atoms with E-state index in [-0.39, 0.29) is 0 Å². The Morgan fingerprint density at radius 2 is 1.92 bits per heavy atom. The molecule has 4 aliphatic rings. The van der Waals surface area contributed by atoms with Gasteiger partial charge in [0.05, 0.1) is 0 Å². The quantitative estimate of drug-likeness (QED) is 0.477. The van der Waals surface area contributed by atoms with Crippen LogP contribution in [0.4, 0.5) is 0 Å². The number of hydrogen-bond acceptors (Lipinski definition) is 0. The molecule has 1 spiro atoms. The highest BCUT2D eigenvalue weighted by Gasteiger charge is 2.66. The van der Waals surface area contributed by atoms with E-state index in [9.17, 15) is 0 Å². The third kappa shape index (κ3) is 0.407. The van der Waals surface area contributed by atoms with Crippen LogP contribution in [0.15, 0.2) is 11.6 Å². The normalized spacial score (nSPS) is 59.3. The lowest BCUT2D eigenvalue weighted by atomic mass is 9.53. The summed E-state index contributed by atoms with van der Waals surface area (Å²) in [5.41, 5.74) is 2.74. The van der Waals surface area contributed by atoms with Gasteiger partial charge in [-0.15, -0.1) is 0 Å². The predicted octanol–water partition coefficient (Wildman–Crippen LogP) is 3.14. The van der Waals surface area contributed by atoms with Crippen molar-refractivity contribution in [3.05, 3.63) is 11.6 Å². The van der Waals surface area contributed by atoms with Gasteiger partial charge in [-0.25, -0.2) is 0 Å². The SMILES string of the molecule is C1=C2CC[C@@H]3C[C@H]4CC[C@H](C1)C234. The standard InChI is InChI=1S/C12H16/c1-2-9-4-6-11-7-10-5-3-8(1)12(9,10)11/h1,9-11H,2-7H2/t9-,10+,11+,12?/m0/s1. The fourth-order valence-corrected chi connectivity index (χ4v) is 5.14. The Morgan fingerprint density at radius 1 is 1.08 bits per heavy atom. The molecule has 0 aromatic heterocycles. The van der Waals surface area contributed by atoms with Gasteiger partial charge in [0.2, 0.25) is 0 Å². The van der Waals surface area contributed by atoms with Crippen molar-refractivity contribution in [1.82, 2.24) is 0 Å². The van der Waals surface area contributed by atoms with Crippen LogP contribution >= 0.6 is 0 Å². The zero-order valence-corrected chi connectivity index (χ0v) is 7.55. The minimum Gasteiger partial charge on any atom is -0.0844 e. The van der Waals surface area contributed by atoms with Crippen LogP contribution in [0.3, 0.4) is 0 Å².